The zero-order valence-electron chi connectivity index (χ0n) is 18.2. The van der Waals surface area contributed by atoms with E-state index >= 15 is 0 Å². The molecule has 1 atom stereocenters. The van der Waals surface area contributed by atoms with Crippen molar-refractivity contribution in [3.8, 4) is 16.9 Å². The van der Waals surface area contributed by atoms with E-state index in [-0.39, 0.29) is 11.6 Å². The number of anilines is 2. The lowest BCUT2D eigenvalue weighted by Crippen LogP contribution is -2.52. The van der Waals surface area contributed by atoms with Gasteiger partial charge in [-0.05, 0) is 19.1 Å². The Morgan fingerprint density at radius 1 is 1.18 bits per heavy atom. The van der Waals surface area contributed by atoms with Crippen molar-refractivity contribution in [3.05, 3.63) is 65.2 Å². The average molecular weight is 462 g/mol. The Morgan fingerprint density at radius 3 is 2.73 bits per heavy atom. The van der Waals surface area contributed by atoms with Crippen LogP contribution in [0.15, 0.2) is 48.9 Å². The summed E-state index contributed by atoms with van der Waals surface area (Å²) in [5.74, 6) is 2.13. The Hall–Kier alpha value is -3.36. The van der Waals surface area contributed by atoms with Crippen molar-refractivity contribution in [2.75, 3.05) is 23.7 Å². The van der Waals surface area contributed by atoms with Gasteiger partial charge in [-0.3, -0.25) is 4.40 Å². The van der Waals surface area contributed by atoms with E-state index in [0.717, 1.165) is 65.7 Å². The second-order valence-electron chi connectivity index (χ2n) is 8.75. The summed E-state index contributed by atoms with van der Waals surface area (Å²) in [7, 11) is 0. The van der Waals surface area contributed by atoms with Crippen LogP contribution in [0.5, 0.6) is 5.75 Å². The summed E-state index contributed by atoms with van der Waals surface area (Å²) >= 11 is 6.49. The number of aryl methyl sites for hydroxylation is 1. The number of nitrogen functional groups attached to an aromatic ring is 1. The summed E-state index contributed by atoms with van der Waals surface area (Å²) < 4.78 is 8.42. The first-order valence-electron chi connectivity index (χ1n) is 11.0. The summed E-state index contributed by atoms with van der Waals surface area (Å²) in [4.78, 5) is 16.1. The van der Waals surface area contributed by atoms with Crippen molar-refractivity contribution in [3.63, 3.8) is 0 Å². The van der Waals surface area contributed by atoms with Gasteiger partial charge in [-0.15, -0.1) is 0 Å². The highest BCUT2D eigenvalue weighted by molar-refractivity contribution is 6.33. The van der Waals surface area contributed by atoms with E-state index < -0.39 is 0 Å². The minimum atomic E-state index is -0.369. The molecule has 2 aliphatic heterocycles. The third-order valence-corrected chi connectivity index (χ3v) is 7.19. The van der Waals surface area contributed by atoms with Gasteiger partial charge >= 0.3 is 0 Å². The van der Waals surface area contributed by atoms with Gasteiger partial charge in [-0.2, -0.15) is 0 Å². The van der Waals surface area contributed by atoms with Gasteiger partial charge in [0.05, 0.1) is 16.8 Å². The number of rotatable bonds is 2. The summed E-state index contributed by atoms with van der Waals surface area (Å²) in [5.41, 5.74) is 16.4. The van der Waals surface area contributed by atoms with E-state index in [4.69, 9.17) is 32.8 Å². The number of fused-ring (bicyclic) bond motifs is 2. The van der Waals surface area contributed by atoms with Crippen LogP contribution in [-0.2, 0) is 0 Å². The number of para-hydroxylation sites is 1. The molecule has 168 valence electrons. The molecule has 1 spiro atoms. The highest BCUT2D eigenvalue weighted by atomic mass is 35.5. The molecular weight excluding hydrogens is 438 g/mol. The number of nitrogens with two attached hydrogens (primary N) is 2. The van der Waals surface area contributed by atoms with Gasteiger partial charge in [0.15, 0.2) is 0 Å². The molecule has 3 aromatic heterocycles. The van der Waals surface area contributed by atoms with E-state index in [1.807, 2.05) is 35.7 Å². The number of imidazole rings is 1. The molecule has 0 saturated carbocycles. The minimum Gasteiger partial charge on any atom is -0.485 e. The molecule has 4 aromatic rings. The first kappa shape index (κ1) is 20.3. The minimum absolute atomic E-state index is 0.124. The summed E-state index contributed by atoms with van der Waals surface area (Å²) in [6.07, 6.45) is 7.01. The molecule has 1 aromatic carbocycles. The number of halogens is 1. The van der Waals surface area contributed by atoms with Gasteiger partial charge in [0.25, 0.3) is 0 Å². The van der Waals surface area contributed by atoms with Crippen LogP contribution in [0.25, 0.3) is 16.8 Å². The van der Waals surface area contributed by atoms with E-state index in [1.54, 1.807) is 18.5 Å². The summed E-state index contributed by atoms with van der Waals surface area (Å²) in [5, 5.41) is 0.525. The lowest BCUT2D eigenvalue weighted by atomic mass is 9.83. The van der Waals surface area contributed by atoms with Crippen LogP contribution in [0.3, 0.4) is 0 Å². The van der Waals surface area contributed by atoms with Gasteiger partial charge in [-0.1, -0.05) is 29.8 Å². The van der Waals surface area contributed by atoms with Crippen molar-refractivity contribution in [1.29, 1.82) is 0 Å². The molecule has 1 fully saturated rings. The highest BCUT2D eigenvalue weighted by Crippen LogP contribution is 2.47. The molecule has 1 saturated heterocycles. The second-order valence-corrected chi connectivity index (χ2v) is 9.16. The predicted octanol–water partition coefficient (Wildman–Crippen LogP) is 3.77. The largest absolute Gasteiger partial charge is 0.485 e. The van der Waals surface area contributed by atoms with Crippen LogP contribution in [0.4, 0.5) is 11.8 Å². The first-order chi connectivity index (χ1) is 16.0. The van der Waals surface area contributed by atoms with Crippen molar-refractivity contribution in [1.82, 2.24) is 19.4 Å². The van der Waals surface area contributed by atoms with Crippen molar-refractivity contribution >= 4 is 29.0 Å². The second kappa shape index (κ2) is 7.33. The Balaban J connectivity index is 1.34. The Kier molecular flexibility index (Phi) is 4.50. The Bertz CT molecular complexity index is 1380. The fourth-order valence-electron chi connectivity index (χ4n) is 5.13. The van der Waals surface area contributed by atoms with Crippen molar-refractivity contribution < 1.29 is 4.74 Å². The molecule has 33 heavy (non-hydrogen) atoms. The van der Waals surface area contributed by atoms with Crippen LogP contribution in [0.1, 0.15) is 30.1 Å². The molecule has 0 aliphatic carbocycles. The highest BCUT2D eigenvalue weighted by Gasteiger charge is 2.48. The molecule has 9 heteroatoms. The molecule has 5 heterocycles. The quantitative estimate of drug-likeness (QED) is 0.467. The molecule has 8 nitrogen and oxygen atoms in total. The van der Waals surface area contributed by atoms with E-state index in [2.05, 4.69) is 20.9 Å². The van der Waals surface area contributed by atoms with Gasteiger partial charge < -0.3 is 21.1 Å². The fourth-order valence-corrected chi connectivity index (χ4v) is 5.39. The number of hydrogen-bond acceptors (Lipinski definition) is 7. The first-order valence-corrected chi connectivity index (χ1v) is 11.4. The maximum atomic E-state index is 6.65. The fraction of sp³-hybridized carbons (Fsp3) is 0.292. The number of aromatic nitrogens is 4. The number of hydrogen-bond donors (Lipinski definition) is 2. The van der Waals surface area contributed by atoms with Gasteiger partial charge in [0.1, 0.15) is 22.8 Å². The maximum Gasteiger partial charge on any atom is 0.211 e. The van der Waals surface area contributed by atoms with Crippen LogP contribution < -0.4 is 21.1 Å². The van der Waals surface area contributed by atoms with E-state index in [0.29, 0.717) is 10.8 Å². The van der Waals surface area contributed by atoms with E-state index in [9.17, 15) is 0 Å². The SMILES string of the molecule is Cc1nc(N2CCC3(CC2)Oc2ccccc2[C@H]3N)n2ccnc2c1-c1cnc(N)cc1Cl. The maximum absolute atomic E-state index is 6.65. The number of nitrogens with zero attached hydrogens (tertiary/aromatic N) is 5. The van der Waals surface area contributed by atoms with Gasteiger partial charge in [-0.25, -0.2) is 15.0 Å². The van der Waals surface area contributed by atoms with E-state index in [1.165, 1.54) is 0 Å². The van der Waals surface area contributed by atoms with Crippen LogP contribution >= 0.6 is 11.6 Å². The molecule has 2 aliphatic rings. The molecule has 0 amide bonds. The number of benzene rings is 1. The predicted molar refractivity (Wildman–Crippen MR) is 129 cm³/mol. The smallest absolute Gasteiger partial charge is 0.211 e. The van der Waals surface area contributed by atoms with Gasteiger partial charge in [0, 0.05) is 61.2 Å². The molecular formula is C24H24ClN7O. The van der Waals surface area contributed by atoms with Crippen LogP contribution in [0.2, 0.25) is 5.02 Å². The molecule has 0 bridgehead atoms. The van der Waals surface area contributed by atoms with Gasteiger partial charge in [0.2, 0.25) is 5.95 Å². The van der Waals surface area contributed by atoms with Crippen molar-refractivity contribution in [2.45, 2.75) is 31.4 Å². The third-order valence-electron chi connectivity index (χ3n) is 6.88. The van der Waals surface area contributed by atoms with Crippen molar-refractivity contribution in [2.24, 2.45) is 5.73 Å². The lowest BCUT2D eigenvalue weighted by Gasteiger charge is -2.41. The average Bonchev–Trinajstić information content (AvgIpc) is 3.39. The zero-order valence-corrected chi connectivity index (χ0v) is 19.0. The molecule has 6 rings (SSSR count). The lowest BCUT2D eigenvalue weighted by molar-refractivity contribution is 0.0429. The molecule has 4 N–H and O–H groups in total. The van der Waals surface area contributed by atoms with Crippen LogP contribution in [0, 0.1) is 6.92 Å². The number of ether oxygens (including phenoxy) is 1. The standard InChI is InChI=1S/C24H24ClN7O/c1-14-20(16-13-29-19(26)12-17(16)25)22-28-8-11-32(22)23(30-14)31-9-6-24(7-10-31)21(27)15-4-2-3-5-18(15)33-24/h2-5,8,11-13,21H,6-7,9-10,27H2,1H3,(H2,26,29)/t21-/m1/s1. The molecule has 0 unspecified atom stereocenters. The molecule has 0 radical (unpaired) electrons. The normalized spacial score (nSPS) is 19.1. The third kappa shape index (κ3) is 3.05. The summed E-state index contributed by atoms with van der Waals surface area (Å²) in [6, 6.07) is 9.61. The Morgan fingerprint density at radius 2 is 1.97 bits per heavy atom. The topological polar surface area (TPSA) is 108 Å². The zero-order chi connectivity index (χ0) is 22.7. The summed E-state index contributed by atoms with van der Waals surface area (Å²) in [6.45, 7) is 3.54. The number of pyridine rings is 1. The van der Waals surface area contributed by atoms with Crippen LogP contribution in [-0.4, -0.2) is 38.0 Å². The Labute approximate surface area is 196 Å². The number of piperidine rings is 1. The monoisotopic (exact) mass is 461 g/mol.